The number of nitrogens with zero attached hydrogens (tertiary/aromatic N) is 2. The lowest BCUT2D eigenvalue weighted by atomic mass is 10.0. The molecule has 1 aromatic heterocycles. The predicted octanol–water partition coefficient (Wildman–Crippen LogP) is 7.65. The fraction of sp³-hybridized carbons (Fsp3) is 0.207. The molecular formula is C29H27ClF2N4O. The third-order valence-corrected chi connectivity index (χ3v) is 6.30. The minimum Gasteiger partial charge on any atom is -0.362 e. The van der Waals surface area contributed by atoms with Gasteiger partial charge in [0.1, 0.15) is 5.69 Å². The number of benzene rings is 3. The standard InChI is InChI=1S/C29H27ClF2N4O/c1-3-29(31,32)23-10-4-20(5-11-23)18-26(37)36-25-14-8-22(9-15-25)27-28(34-17-16-33-27)35-19(2)21-6-12-24(30)13-7-21/h4-17,19H,3,18H2,1-2H3,(H,34,35)(H,36,37). The number of alkyl halides is 2. The number of anilines is 2. The number of hydrogen-bond donors (Lipinski definition) is 2. The van der Waals surface area contributed by atoms with E-state index in [1.165, 1.54) is 19.1 Å². The van der Waals surface area contributed by atoms with E-state index in [4.69, 9.17) is 11.6 Å². The SMILES string of the molecule is CCC(F)(F)c1ccc(CC(=O)Nc2ccc(-c3nccnc3NC(C)c3ccc(Cl)cc3)cc2)cc1. The van der Waals surface area contributed by atoms with Crippen molar-refractivity contribution in [2.24, 2.45) is 0 Å². The zero-order valence-electron chi connectivity index (χ0n) is 20.5. The molecule has 1 amide bonds. The first kappa shape index (κ1) is 26.2. The summed E-state index contributed by atoms with van der Waals surface area (Å²) in [5.41, 5.74) is 3.82. The normalized spacial score (nSPS) is 12.1. The number of aromatic nitrogens is 2. The minimum atomic E-state index is -2.87. The molecule has 2 N–H and O–H groups in total. The molecule has 0 spiro atoms. The molecule has 4 aromatic rings. The number of halogens is 3. The van der Waals surface area contributed by atoms with Crippen molar-refractivity contribution in [2.45, 2.75) is 38.7 Å². The fourth-order valence-electron chi connectivity index (χ4n) is 3.87. The summed E-state index contributed by atoms with van der Waals surface area (Å²) in [6.45, 7) is 3.47. The number of nitrogens with one attached hydrogen (secondary N) is 2. The molecule has 0 radical (unpaired) electrons. The van der Waals surface area contributed by atoms with Gasteiger partial charge in [-0.15, -0.1) is 0 Å². The van der Waals surface area contributed by atoms with Crippen LogP contribution in [-0.2, 0) is 17.1 Å². The van der Waals surface area contributed by atoms with E-state index in [9.17, 15) is 13.6 Å². The van der Waals surface area contributed by atoms with Gasteiger partial charge in [0.05, 0.1) is 12.5 Å². The van der Waals surface area contributed by atoms with Gasteiger partial charge in [-0.25, -0.2) is 13.8 Å². The van der Waals surface area contributed by atoms with Crippen LogP contribution in [-0.4, -0.2) is 15.9 Å². The van der Waals surface area contributed by atoms with Gasteiger partial charge in [-0.05, 0) is 42.3 Å². The van der Waals surface area contributed by atoms with Gasteiger partial charge in [-0.2, -0.15) is 0 Å². The third kappa shape index (κ3) is 6.68. The maximum Gasteiger partial charge on any atom is 0.273 e. The van der Waals surface area contributed by atoms with Gasteiger partial charge in [0, 0.05) is 40.7 Å². The summed E-state index contributed by atoms with van der Waals surface area (Å²) in [5, 5.41) is 6.93. The third-order valence-electron chi connectivity index (χ3n) is 6.05. The van der Waals surface area contributed by atoms with E-state index in [1.807, 2.05) is 43.3 Å². The van der Waals surface area contributed by atoms with Gasteiger partial charge < -0.3 is 10.6 Å². The molecule has 4 rings (SSSR count). The average molecular weight is 521 g/mol. The second kappa shape index (κ2) is 11.5. The molecule has 8 heteroatoms. The maximum atomic E-state index is 13.8. The van der Waals surface area contributed by atoms with Crippen molar-refractivity contribution >= 4 is 29.0 Å². The molecule has 0 saturated heterocycles. The Morgan fingerprint density at radius 1 is 0.946 bits per heavy atom. The van der Waals surface area contributed by atoms with Crippen LogP contribution in [0.5, 0.6) is 0 Å². The highest BCUT2D eigenvalue weighted by Gasteiger charge is 2.28. The predicted molar refractivity (Wildman–Crippen MR) is 144 cm³/mol. The van der Waals surface area contributed by atoms with Crippen molar-refractivity contribution in [3.05, 3.63) is 107 Å². The summed E-state index contributed by atoms with van der Waals surface area (Å²) in [7, 11) is 0. The largest absolute Gasteiger partial charge is 0.362 e. The molecule has 0 aliphatic rings. The number of amides is 1. The lowest BCUT2D eigenvalue weighted by molar-refractivity contribution is -0.115. The topological polar surface area (TPSA) is 66.9 Å². The molecular weight excluding hydrogens is 494 g/mol. The molecule has 0 fully saturated rings. The molecule has 0 saturated carbocycles. The molecule has 0 aliphatic heterocycles. The highest BCUT2D eigenvalue weighted by Crippen LogP contribution is 2.31. The van der Waals surface area contributed by atoms with E-state index in [2.05, 4.69) is 20.6 Å². The Labute approximate surface area is 219 Å². The van der Waals surface area contributed by atoms with Crippen LogP contribution < -0.4 is 10.6 Å². The van der Waals surface area contributed by atoms with E-state index < -0.39 is 5.92 Å². The Morgan fingerprint density at radius 3 is 2.24 bits per heavy atom. The smallest absolute Gasteiger partial charge is 0.273 e. The van der Waals surface area contributed by atoms with Crippen molar-refractivity contribution in [1.82, 2.24) is 9.97 Å². The lowest BCUT2D eigenvalue weighted by Crippen LogP contribution is -2.15. The van der Waals surface area contributed by atoms with Crippen LogP contribution in [0.3, 0.4) is 0 Å². The Morgan fingerprint density at radius 2 is 1.59 bits per heavy atom. The van der Waals surface area contributed by atoms with Crippen LogP contribution in [0.4, 0.5) is 20.3 Å². The van der Waals surface area contributed by atoms with Crippen molar-refractivity contribution in [2.75, 3.05) is 10.6 Å². The molecule has 37 heavy (non-hydrogen) atoms. The summed E-state index contributed by atoms with van der Waals surface area (Å²) < 4.78 is 27.6. The van der Waals surface area contributed by atoms with E-state index in [1.54, 1.807) is 36.7 Å². The monoisotopic (exact) mass is 520 g/mol. The van der Waals surface area contributed by atoms with E-state index in [-0.39, 0.29) is 30.4 Å². The summed E-state index contributed by atoms with van der Waals surface area (Å²) in [4.78, 5) is 21.5. The summed E-state index contributed by atoms with van der Waals surface area (Å²) in [6.07, 6.45) is 3.08. The molecule has 0 bridgehead atoms. The van der Waals surface area contributed by atoms with Crippen molar-refractivity contribution in [1.29, 1.82) is 0 Å². The van der Waals surface area contributed by atoms with Crippen molar-refractivity contribution < 1.29 is 13.6 Å². The van der Waals surface area contributed by atoms with Gasteiger partial charge in [0.25, 0.3) is 5.92 Å². The van der Waals surface area contributed by atoms with Crippen LogP contribution in [0.2, 0.25) is 5.02 Å². The fourth-order valence-corrected chi connectivity index (χ4v) is 3.99. The second-order valence-electron chi connectivity index (χ2n) is 8.73. The maximum absolute atomic E-state index is 13.8. The molecule has 1 atom stereocenters. The summed E-state index contributed by atoms with van der Waals surface area (Å²) >= 11 is 6.00. The first-order chi connectivity index (χ1) is 17.7. The highest BCUT2D eigenvalue weighted by molar-refractivity contribution is 6.30. The number of carbonyl (C=O) groups excluding carboxylic acids is 1. The Hall–Kier alpha value is -3.84. The quantitative estimate of drug-likeness (QED) is 0.238. The molecule has 190 valence electrons. The first-order valence-electron chi connectivity index (χ1n) is 12.0. The van der Waals surface area contributed by atoms with Gasteiger partial charge in [0.2, 0.25) is 5.91 Å². The number of rotatable bonds is 9. The first-order valence-corrected chi connectivity index (χ1v) is 12.3. The molecule has 1 unspecified atom stereocenters. The second-order valence-corrected chi connectivity index (χ2v) is 9.16. The van der Waals surface area contributed by atoms with E-state index in [0.717, 1.165) is 11.1 Å². The van der Waals surface area contributed by atoms with Crippen LogP contribution in [0.1, 0.15) is 43.0 Å². The number of carbonyl (C=O) groups is 1. The zero-order chi connectivity index (χ0) is 26.4. The van der Waals surface area contributed by atoms with Crippen LogP contribution in [0, 0.1) is 0 Å². The van der Waals surface area contributed by atoms with Gasteiger partial charge in [0.15, 0.2) is 5.82 Å². The number of hydrogen-bond acceptors (Lipinski definition) is 4. The van der Waals surface area contributed by atoms with E-state index >= 15 is 0 Å². The zero-order valence-corrected chi connectivity index (χ0v) is 21.3. The Kier molecular flexibility index (Phi) is 8.14. The van der Waals surface area contributed by atoms with Crippen LogP contribution in [0.15, 0.2) is 85.2 Å². The molecule has 0 aliphatic carbocycles. The Balaban J connectivity index is 1.41. The van der Waals surface area contributed by atoms with Gasteiger partial charge in [-0.1, -0.05) is 67.1 Å². The average Bonchev–Trinajstić information content (AvgIpc) is 2.90. The summed E-state index contributed by atoms with van der Waals surface area (Å²) in [6, 6.07) is 20.8. The van der Waals surface area contributed by atoms with Crippen LogP contribution >= 0.6 is 11.6 Å². The molecule has 3 aromatic carbocycles. The van der Waals surface area contributed by atoms with Gasteiger partial charge in [-0.3, -0.25) is 9.78 Å². The van der Waals surface area contributed by atoms with Gasteiger partial charge >= 0.3 is 0 Å². The lowest BCUT2D eigenvalue weighted by Gasteiger charge is -2.17. The summed E-state index contributed by atoms with van der Waals surface area (Å²) in [5.74, 6) is -2.46. The van der Waals surface area contributed by atoms with Crippen molar-refractivity contribution in [3.63, 3.8) is 0 Å². The minimum absolute atomic E-state index is 0.0199. The van der Waals surface area contributed by atoms with Crippen molar-refractivity contribution in [3.8, 4) is 11.3 Å². The van der Waals surface area contributed by atoms with E-state index in [0.29, 0.717) is 27.8 Å². The highest BCUT2D eigenvalue weighted by atomic mass is 35.5. The molecule has 5 nitrogen and oxygen atoms in total. The van der Waals surface area contributed by atoms with Crippen LogP contribution in [0.25, 0.3) is 11.3 Å². The molecule has 1 heterocycles. The Bertz CT molecular complexity index is 1340.